The second-order valence-corrected chi connectivity index (χ2v) is 5.60. The van der Waals surface area contributed by atoms with Crippen LogP contribution in [-0.2, 0) is 11.2 Å². The van der Waals surface area contributed by atoms with Gasteiger partial charge in [0.05, 0.1) is 17.8 Å². The normalized spacial score (nSPS) is 14.0. The van der Waals surface area contributed by atoms with Crippen LogP contribution in [0, 0.1) is 0 Å². The molecule has 0 atom stereocenters. The van der Waals surface area contributed by atoms with Crippen LogP contribution in [0.2, 0.25) is 5.02 Å². The largest absolute Gasteiger partial charge is 0.481 e. The van der Waals surface area contributed by atoms with Gasteiger partial charge in [0.1, 0.15) is 0 Å². The lowest BCUT2D eigenvalue weighted by atomic mass is 10.1. The molecular weight excluding hydrogens is 300 g/mol. The molecule has 2 aromatic rings. The van der Waals surface area contributed by atoms with E-state index in [0.717, 1.165) is 35.5 Å². The lowest BCUT2D eigenvalue weighted by Crippen LogP contribution is -2.11. The van der Waals surface area contributed by atoms with Gasteiger partial charge >= 0.3 is 5.97 Å². The number of carboxylic acid groups (broad SMARTS) is 1. The van der Waals surface area contributed by atoms with Gasteiger partial charge in [-0.3, -0.25) is 9.80 Å². The van der Waals surface area contributed by atoms with E-state index in [-0.39, 0.29) is 6.42 Å². The molecule has 0 aromatic heterocycles. The predicted octanol–water partition coefficient (Wildman–Crippen LogP) is 3.58. The van der Waals surface area contributed by atoms with E-state index < -0.39 is 5.97 Å². The summed E-state index contributed by atoms with van der Waals surface area (Å²) in [6, 6.07) is 15.2. The smallest absolute Gasteiger partial charge is 0.307 e. The Balaban J connectivity index is 1.76. The van der Waals surface area contributed by atoms with Crippen molar-refractivity contribution in [2.24, 2.45) is 5.10 Å². The highest BCUT2D eigenvalue weighted by Gasteiger charge is 2.17. The van der Waals surface area contributed by atoms with Gasteiger partial charge in [0.25, 0.3) is 0 Å². The highest BCUT2D eigenvalue weighted by atomic mass is 35.5. The average molecular weight is 315 g/mol. The number of carboxylic acids is 1. The van der Waals surface area contributed by atoms with Gasteiger partial charge in [-0.25, -0.2) is 0 Å². The SMILES string of the molecule is O=C(O)Cc1ccc(N2CCC(c3ccc(Cl)cc3)=N2)cc1. The van der Waals surface area contributed by atoms with Crippen LogP contribution in [0.4, 0.5) is 5.69 Å². The number of benzene rings is 2. The molecule has 0 unspecified atom stereocenters. The average Bonchev–Trinajstić information content (AvgIpc) is 2.98. The molecule has 4 nitrogen and oxygen atoms in total. The quantitative estimate of drug-likeness (QED) is 0.938. The van der Waals surface area contributed by atoms with Crippen LogP contribution >= 0.6 is 11.6 Å². The molecule has 0 saturated carbocycles. The van der Waals surface area contributed by atoms with Crippen molar-refractivity contribution >= 4 is 29.0 Å². The van der Waals surface area contributed by atoms with E-state index in [1.165, 1.54) is 0 Å². The van der Waals surface area contributed by atoms with Crippen LogP contribution in [0.25, 0.3) is 0 Å². The zero-order valence-corrected chi connectivity index (χ0v) is 12.6. The van der Waals surface area contributed by atoms with Crippen molar-refractivity contribution in [1.29, 1.82) is 0 Å². The van der Waals surface area contributed by atoms with Crippen molar-refractivity contribution in [2.75, 3.05) is 11.6 Å². The second kappa shape index (κ2) is 6.20. The summed E-state index contributed by atoms with van der Waals surface area (Å²) in [5, 5.41) is 16.1. The molecule has 2 aromatic carbocycles. The minimum absolute atomic E-state index is 0.0412. The first kappa shape index (κ1) is 14.6. The van der Waals surface area contributed by atoms with E-state index >= 15 is 0 Å². The Morgan fingerprint density at radius 1 is 1.14 bits per heavy atom. The number of hydrazone groups is 1. The summed E-state index contributed by atoms with van der Waals surface area (Å²) in [6.07, 6.45) is 0.915. The Bertz CT molecular complexity index is 708. The molecule has 0 aliphatic carbocycles. The van der Waals surface area contributed by atoms with E-state index in [2.05, 4.69) is 5.10 Å². The summed E-state index contributed by atoms with van der Waals surface area (Å²) < 4.78 is 0. The summed E-state index contributed by atoms with van der Waals surface area (Å²) in [5.41, 5.74) is 3.87. The number of hydrogen-bond acceptors (Lipinski definition) is 3. The number of aliphatic carboxylic acids is 1. The van der Waals surface area contributed by atoms with E-state index in [4.69, 9.17) is 16.7 Å². The minimum Gasteiger partial charge on any atom is -0.481 e. The predicted molar refractivity (Wildman–Crippen MR) is 87.7 cm³/mol. The lowest BCUT2D eigenvalue weighted by Gasteiger charge is -2.13. The van der Waals surface area contributed by atoms with E-state index in [1.54, 1.807) is 0 Å². The minimum atomic E-state index is -0.822. The third kappa shape index (κ3) is 3.28. The zero-order chi connectivity index (χ0) is 15.5. The summed E-state index contributed by atoms with van der Waals surface area (Å²) in [6.45, 7) is 0.816. The van der Waals surface area contributed by atoms with E-state index in [1.807, 2.05) is 53.5 Å². The highest BCUT2D eigenvalue weighted by Crippen LogP contribution is 2.23. The number of rotatable bonds is 4. The van der Waals surface area contributed by atoms with Crippen molar-refractivity contribution in [3.63, 3.8) is 0 Å². The van der Waals surface area contributed by atoms with Gasteiger partial charge in [0.2, 0.25) is 0 Å². The number of nitrogens with zero attached hydrogens (tertiary/aromatic N) is 2. The molecule has 5 heteroatoms. The summed E-state index contributed by atoms with van der Waals surface area (Å²) in [5.74, 6) is -0.822. The maximum absolute atomic E-state index is 10.7. The van der Waals surface area contributed by atoms with Gasteiger partial charge in [-0.05, 0) is 35.4 Å². The first-order valence-corrected chi connectivity index (χ1v) is 7.41. The maximum atomic E-state index is 10.7. The summed E-state index contributed by atoms with van der Waals surface area (Å²) in [7, 11) is 0. The highest BCUT2D eigenvalue weighted by molar-refractivity contribution is 6.30. The Hall–Kier alpha value is -2.33. The van der Waals surface area contributed by atoms with Crippen molar-refractivity contribution in [1.82, 2.24) is 0 Å². The number of halogens is 1. The standard InChI is InChI=1S/C17H15ClN2O2/c18-14-5-3-13(4-6-14)16-9-10-20(19-16)15-7-1-12(2-8-15)11-17(21)22/h1-8H,9-11H2,(H,21,22). The second-order valence-electron chi connectivity index (χ2n) is 5.16. The van der Waals surface area contributed by atoms with Crippen LogP contribution in [0.1, 0.15) is 17.5 Å². The molecule has 1 aliphatic heterocycles. The molecule has 0 fully saturated rings. The molecule has 0 saturated heterocycles. The molecular formula is C17H15ClN2O2. The Morgan fingerprint density at radius 2 is 1.82 bits per heavy atom. The molecule has 0 spiro atoms. The van der Waals surface area contributed by atoms with Crippen LogP contribution in [0.3, 0.4) is 0 Å². The van der Waals surface area contributed by atoms with Gasteiger partial charge in [0.15, 0.2) is 0 Å². The maximum Gasteiger partial charge on any atom is 0.307 e. The number of anilines is 1. The van der Waals surface area contributed by atoms with Gasteiger partial charge in [0, 0.05) is 18.0 Å². The third-order valence-corrected chi connectivity index (χ3v) is 3.82. The van der Waals surface area contributed by atoms with Crippen LogP contribution in [-0.4, -0.2) is 23.3 Å². The number of carbonyl (C=O) groups is 1. The van der Waals surface area contributed by atoms with E-state index in [0.29, 0.717) is 5.02 Å². The van der Waals surface area contributed by atoms with Crippen LogP contribution in [0.15, 0.2) is 53.6 Å². The van der Waals surface area contributed by atoms with Crippen molar-refractivity contribution in [3.05, 3.63) is 64.7 Å². The van der Waals surface area contributed by atoms with Gasteiger partial charge in [-0.15, -0.1) is 0 Å². The summed E-state index contributed by atoms with van der Waals surface area (Å²) in [4.78, 5) is 10.7. The van der Waals surface area contributed by atoms with Crippen LogP contribution in [0.5, 0.6) is 0 Å². The van der Waals surface area contributed by atoms with Crippen molar-refractivity contribution in [2.45, 2.75) is 12.8 Å². The Labute approximate surface area is 133 Å². The van der Waals surface area contributed by atoms with E-state index in [9.17, 15) is 4.79 Å². The molecule has 3 rings (SSSR count). The fraction of sp³-hybridized carbons (Fsp3) is 0.176. The Morgan fingerprint density at radius 3 is 2.45 bits per heavy atom. The third-order valence-electron chi connectivity index (χ3n) is 3.57. The Kier molecular flexibility index (Phi) is 4.11. The van der Waals surface area contributed by atoms with Crippen molar-refractivity contribution in [3.8, 4) is 0 Å². The first-order chi connectivity index (χ1) is 10.6. The van der Waals surface area contributed by atoms with Gasteiger partial charge in [-0.1, -0.05) is 35.9 Å². The monoisotopic (exact) mass is 314 g/mol. The molecule has 1 aliphatic rings. The lowest BCUT2D eigenvalue weighted by molar-refractivity contribution is -0.136. The molecule has 0 radical (unpaired) electrons. The fourth-order valence-corrected chi connectivity index (χ4v) is 2.58. The molecule has 22 heavy (non-hydrogen) atoms. The molecule has 0 bridgehead atoms. The van der Waals surface area contributed by atoms with Crippen LogP contribution < -0.4 is 5.01 Å². The summed E-state index contributed by atoms with van der Waals surface area (Å²) >= 11 is 5.90. The number of hydrogen-bond donors (Lipinski definition) is 1. The zero-order valence-electron chi connectivity index (χ0n) is 11.9. The van der Waals surface area contributed by atoms with Gasteiger partial charge in [-0.2, -0.15) is 5.10 Å². The molecule has 112 valence electrons. The topological polar surface area (TPSA) is 52.9 Å². The van der Waals surface area contributed by atoms with Gasteiger partial charge < -0.3 is 5.11 Å². The molecule has 0 amide bonds. The molecule has 1 heterocycles. The van der Waals surface area contributed by atoms with Crippen molar-refractivity contribution < 1.29 is 9.90 Å². The molecule has 1 N–H and O–H groups in total. The first-order valence-electron chi connectivity index (χ1n) is 7.03. The fourth-order valence-electron chi connectivity index (χ4n) is 2.45.